The molecule has 1 atom stereocenters. The van der Waals surface area contributed by atoms with Crippen LogP contribution in [0.4, 0.5) is 5.69 Å². The molecule has 0 aliphatic heterocycles. The number of nitrogens with one attached hydrogen (secondary N) is 2. The molecule has 1 amide bonds. The third-order valence-corrected chi connectivity index (χ3v) is 4.55. The number of carbonyl (C=O) groups excluding carboxylic acids is 1. The van der Waals surface area contributed by atoms with Crippen molar-refractivity contribution >= 4 is 32.7 Å². The Morgan fingerprint density at radius 2 is 1.92 bits per heavy atom. The molecule has 25 heavy (non-hydrogen) atoms. The van der Waals surface area contributed by atoms with Gasteiger partial charge in [-0.25, -0.2) is 13.4 Å². The van der Waals surface area contributed by atoms with Crippen LogP contribution in [0.3, 0.4) is 0 Å². The van der Waals surface area contributed by atoms with Gasteiger partial charge in [0.15, 0.2) is 0 Å². The molecule has 0 aliphatic rings. The second-order valence-electron chi connectivity index (χ2n) is 5.92. The van der Waals surface area contributed by atoms with Crippen molar-refractivity contribution in [3.05, 3.63) is 48.3 Å². The lowest BCUT2D eigenvalue weighted by Gasteiger charge is -2.06. The molecule has 0 spiro atoms. The van der Waals surface area contributed by atoms with E-state index in [0.717, 1.165) is 22.8 Å². The zero-order chi connectivity index (χ0) is 18.2. The van der Waals surface area contributed by atoms with Gasteiger partial charge in [0, 0.05) is 23.0 Å². The number of pyridine rings is 1. The molecular formula is C17H18N4O3S. The molecule has 7 nitrogen and oxygen atoms in total. The predicted octanol–water partition coefficient (Wildman–Crippen LogP) is 2.19. The molecule has 1 unspecified atom stereocenters. The van der Waals surface area contributed by atoms with Gasteiger partial charge in [-0.2, -0.15) is 0 Å². The van der Waals surface area contributed by atoms with Crippen molar-refractivity contribution < 1.29 is 13.2 Å². The first kappa shape index (κ1) is 17.0. The quantitative estimate of drug-likeness (QED) is 0.648. The Hall–Kier alpha value is -2.87. The van der Waals surface area contributed by atoms with E-state index < -0.39 is 21.8 Å². The van der Waals surface area contributed by atoms with E-state index in [1.807, 2.05) is 24.3 Å². The number of nitrogens with two attached hydrogens (primary N) is 1. The maximum Gasteiger partial charge on any atom is 0.229 e. The molecule has 0 saturated heterocycles. The standard InChI is InChI=1S/C17H18N4O3S/c1-10(16(18)22)15-9-14-13(7-8-19-17(14)20-15)11-3-5-12(6-4-11)21-25(2,23)24/h3-10,21H,1-2H3,(H2,18,22)(H,19,20). The number of hydrogen-bond donors (Lipinski definition) is 3. The molecule has 130 valence electrons. The summed E-state index contributed by atoms with van der Waals surface area (Å²) in [5, 5.41) is 0.870. The maximum atomic E-state index is 11.4. The fraction of sp³-hybridized carbons (Fsp3) is 0.176. The third kappa shape index (κ3) is 3.63. The number of benzene rings is 1. The van der Waals surface area contributed by atoms with Gasteiger partial charge in [0.25, 0.3) is 0 Å². The molecule has 8 heteroatoms. The number of carbonyl (C=O) groups is 1. The second kappa shape index (κ2) is 6.21. The van der Waals surface area contributed by atoms with E-state index in [1.54, 1.807) is 25.3 Å². The SMILES string of the molecule is CC(C(N)=O)c1cc2c(-c3ccc(NS(C)(=O)=O)cc3)ccnc2[nH]1. The number of primary amides is 1. The summed E-state index contributed by atoms with van der Waals surface area (Å²) in [7, 11) is -3.31. The van der Waals surface area contributed by atoms with Gasteiger partial charge in [-0.1, -0.05) is 12.1 Å². The molecule has 1 aromatic carbocycles. The van der Waals surface area contributed by atoms with Crippen LogP contribution in [-0.2, 0) is 14.8 Å². The van der Waals surface area contributed by atoms with Gasteiger partial charge in [0.1, 0.15) is 5.65 Å². The highest BCUT2D eigenvalue weighted by Crippen LogP contribution is 2.30. The molecule has 0 radical (unpaired) electrons. The van der Waals surface area contributed by atoms with E-state index in [9.17, 15) is 13.2 Å². The fourth-order valence-corrected chi connectivity index (χ4v) is 3.18. The first-order chi connectivity index (χ1) is 11.7. The second-order valence-corrected chi connectivity index (χ2v) is 7.67. The molecule has 0 saturated carbocycles. The lowest BCUT2D eigenvalue weighted by molar-refractivity contribution is -0.119. The number of fused-ring (bicyclic) bond motifs is 1. The number of H-pyrrole nitrogens is 1. The van der Waals surface area contributed by atoms with Gasteiger partial charge >= 0.3 is 0 Å². The smallest absolute Gasteiger partial charge is 0.229 e. The molecule has 0 fully saturated rings. The van der Waals surface area contributed by atoms with E-state index >= 15 is 0 Å². The van der Waals surface area contributed by atoms with E-state index in [1.165, 1.54) is 0 Å². The summed E-state index contributed by atoms with van der Waals surface area (Å²) in [5.41, 5.74) is 9.07. The Morgan fingerprint density at radius 1 is 1.24 bits per heavy atom. The van der Waals surface area contributed by atoms with Crippen molar-refractivity contribution in [2.75, 3.05) is 11.0 Å². The number of sulfonamides is 1. The van der Waals surface area contributed by atoms with Gasteiger partial charge in [-0.05, 0) is 42.3 Å². The molecule has 2 aromatic heterocycles. The number of aromatic amines is 1. The summed E-state index contributed by atoms with van der Waals surface area (Å²) in [5.74, 6) is -0.854. The molecule has 2 heterocycles. The summed E-state index contributed by atoms with van der Waals surface area (Å²) >= 11 is 0. The van der Waals surface area contributed by atoms with Crippen molar-refractivity contribution in [1.82, 2.24) is 9.97 Å². The van der Waals surface area contributed by atoms with E-state index in [4.69, 9.17) is 5.73 Å². The van der Waals surface area contributed by atoms with Crippen LogP contribution in [0.1, 0.15) is 18.5 Å². The summed E-state index contributed by atoms with van der Waals surface area (Å²) in [6.45, 7) is 1.73. The number of aromatic nitrogens is 2. The van der Waals surface area contributed by atoms with Crippen LogP contribution >= 0.6 is 0 Å². The average Bonchev–Trinajstić information content (AvgIpc) is 2.97. The predicted molar refractivity (Wildman–Crippen MR) is 97.6 cm³/mol. The van der Waals surface area contributed by atoms with Crippen LogP contribution in [0.15, 0.2) is 42.6 Å². The molecule has 3 aromatic rings. The first-order valence-electron chi connectivity index (χ1n) is 7.60. The Labute approximate surface area is 145 Å². The van der Waals surface area contributed by atoms with Crippen LogP contribution < -0.4 is 10.5 Å². The maximum absolute atomic E-state index is 11.4. The fourth-order valence-electron chi connectivity index (χ4n) is 2.62. The molecule has 0 aliphatic carbocycles. The van der Waals surface area contributed by atoms with E-state index in [0.29, 0.717) is 17.0 Å². The van der Waals surface area contributed by atoms with Gasteiger partial charge in [0.05, 0.1) is 12.2 Å². The van der Waals surface area contributed by atoms with Crippen molar-refractivity contribution in [2.24, 2.45) is 5.73 Å². The zero-order valence-electron chi connectivity index (χ0n) is 13.8. The zero-order valence-corrected chi connectivity index (χ0v) is 14.6. The monoisotopic (exact) mass is 358 g/mol. The lowest BCUT2D eigenvalue weighted by Crippen LogP contribution is -2.18. The van der Waals surface area contributed by atoms with Crippen molar-refractivity contribution in [1.29, 1.82) is 0 Å². The van der Waals surface area contributed by atoms with Crippen molar-refractivity contribution in [3.8, 4) is 11.1 Å². The van der Waals surface area contributed by atoms with Crippen LogP contribution in [0.5, 0.6) is 0 Å². The third-order valence-electron chi connectivity index (χ3n) is 3.95. The minimum absolute atomic E-state index is 0.413. The number of rotatable bonds is 5. The topological polar surface area (TPSA) is 118 Å². The van der Waals surface area contributed by atoms with Crippen LogP contribution in [-0.4, -0.2) is 30.5 Å². The summed E-state index contributed by atoms with van der Waals surface area (Å²) in [6.07, 6.45) is 2.78. The highest BCUT2D eigenvalue weighted by Gasteiger charge is 2.16. The Kier molecular flexibility index (Phi) is 4.22. The van der Waals surface area contributed by atoms with Crippen molar-refractivity contribution in [3.63, 3.8) is 0 Å². The van der Waals surface area contributed by atoms with Crippen LogP contribution in [0, 0.1) is 0 Å². The Morgan fingerprint density at radius 3 is 2.52 bits per heavy atom. The van der Waals surface area contributed by atoms with Crippen molar-refractivity contribution in [2.45, 2.75) is 12.8 Å². The average molecular weight is 358 g/mol. The number of anilines is 1. The molecular weight excluding hydrogens is 340 g/mol. The van der Waals surface area contributed by atoms with Crippen LogP contribution in [0.25, 0.3) is 22.2 Å². The summed E-state index contributed by atoms with van der Waals surface area (Å²) < 4.78 is 25.0. The van der Waals surface area contributed by atoms with E-state index in [2.05, 4.69) is 14.7 Å². The Bertz CT molecular complexity index is 1040. The highest BCUT2D eigenvalue weighted by molar-refractivity contribution is 7.92. The lowest BCUT2D eigenvalue weighted by atomic mass is 10.0. The minimum atomic E-state index is -3.31. The minimum Gasteiger partial charge on any atom is -0.369 e. The van der Waals surface area contributed by atoms with Gasteiger partial charge in [-0.3, -0.25) is 9.52 Å². The first-order valence-corrected chi connectivity index (χ1v) is 9.49. The van der Waals surface area contributed by atoms with Crippen LogP contribution in [0.2, 0.25) is 0 Å². The number of amides is 1. The van der Waals surface area contributed by atoms with Gasteiger partial charge in [0.2, 0.25) is 15.9 Å². The molecule has 0 bridgehead atoms. The largest absolute Gasteiger partial charge is 0.369 e. The normalized spacial score (nSPS) is 12.9. The summed E-state index contributed by atoms with van der Waals surface area (Å²) in [4.78, 5) is 18.8. The number of nitrogens with zero attached hydrogens (tertiary/aromatic N) is 1. The van der Waals surface area contributed by atoms with Gasteiger partial charge in [-0.15, -0.1) is 0 Å². The highest BCUT2D eigenvalue weighted by atomic mass is 32.2. The van der Waals surface area contributed by atoms with E-state index in [-0.39, 0.29) is 0 Å². The Balaban J connectivity index is 2.02. The van der Waals surface area contributed by atoms with Gasteiger partial charge < -0.3 is 10.7 Å². The number of hydrogen-bond acceptors (Lipinski definition) is 4. The molecule has 3 rings (SSSR count). The summed E-state index contributed by atoms with van der Waals surface area (Å²) in [6, 6.07) is 10.8. The molecule has 4 N–H and O–H groups in total.